The summed E-state index contributed by atoms with van der Waals surface area (Å²) in [6.45, 7) is -0.0356. The van der Waals surface area contributed by atoms with Gasteiger partial charge in [-0.3, -0.25) is 19.3 Å². The number of thioether (sulfide) groups is 1. The second kappa shape index (κ2) is 11.6. The third-order valence-electron chi connectivity index (χ3n) is 5.12. The van der Waals surface area contributed by atoms with Crippen molar-refractivity contribution in [3.63, 3.8) is 0 Å². The van der Waals surface area contributed by atoms with E-state index in [2.05, 4.69) is 21.2 Å². The van der Waals surface area contributed by atoms with E-state index in [4.69, 9.17) is 21.1 Å². The van der Waals surface area contributed by atoms with Crippen molar-refractivity contribution in [2.24, 2.45) is 0 Å². The molecule has 3 amide bonds. The molecule has 0 spiro atoms. The molecule has 3 aromatic rings. The van der Waals surface area contributed by atoms with Crippen LogP contribution in [0.1, 0.15) is 11.1 Å². The lowest BCUT2D eigenvalue weighted by molar-refractivity contribution is -0.127. The van der Waals surface area contributed by atoms with Gasteiger partial charge in [0.15, 0.2) is 0 Å². The molecule has 7 nitrogen and oxygen atoms in total. The lowest BCUT2D eigenvalue weighted by atomic mass is 10.2. The number of para-hydroxylation sites is 2. The molecule has 1 aliphatic rings. The van der Waals surface area contributed by atoms with E-state index in [-0.39, 0.29) is 4.91 Å². The minimum absolute atomic E-state index is 0.229. The number of nitrogens with zero attached hydrogens (tertiary/aromatic N) is 1. The highest BCUT2D eigenvalue weighted by atomic mass is 79.9. The van der Waals surface area contributed by atoms with Gasteiger partial charge in [-0.1, -0.05) is 41.9 Å². The van der Waals surface area contributed by atoms with Crippen molar-refractivity contribution in [3.05, 3.63) is 92.3 Å². The van der Waals surface area contributed by atoms with Crippen LogP contribution < -0.4 is 14.8 Å². The average molecular weight is 588 g/mol. The van der Waals surface area contributed by atoms with Gasteiger partial charge in [-0.2, -0.15) is 0 Å². The van der Waals surface area contributed by atoms with Crippen LogP contribution in [0.2, 0.25) is 5.02 Å². The zero-order chi connectivity index (χ0) is 25.7. The number of carbonyl (C=O) groups excluding carboxylic acids is 3. The first-order chi connectivity index (χ1) is 17.3. The van der Waals surface area contributed by atoms with Crippen LogP contribution in [-0.2, 0) is 16.2 Å². The Bertz CT molecular complexity index is 1350. The molecule has 1 fully saturated rings. The van der Waals surface area contributed by atoms with E-state index < -0.39 is 23.6 Å². The SMILES string of the molecule is COc1ccccc1NC(=O)CN1C(=O)S/C(=C/c2ccc(OCc3ccc(Cl)cc3)c(Br)c2)C1=O. The number of halogens is 2. The van der Waals surface area contributed by atoms with Crippen molar-refractivity contribution in [2.75, 3.05) is 19.0 Å². The maximum absolute atomic E-state index is 12.8. The van der Waals surface area contributed by atoms with Crippen LogP contribution in [0.3, 0.4) is 0 Å². The molecule has 0 aliphatic carbocycles. The summed E-state index contributed by atoms with van der Waals surface area (Å²) in [5.41, 5.74) is 2.12. The van der Waals surface area contributed by atoms with E-state index in [0.717, 1.165) is 22.2 Å². The summed E-state index contributed by atoms with van der Waals surface area (Å²) in [4.78, 5) is 38.9. The molecule has 0 bridgehead atoms. The molecule has 36 heavy (non-hydrogen) atoms. The van der Waals surface area contributed by atoms with Gasteiger partial charge in [0.05, 0.1) is 22.2 Å². The molecular formula is C26H20BrClN2O5S. The van der Waals surface area contributed by atoms with Gasteiger partial charge in [-0.05, 0) is 81.3 Å². The van der Waals surface area contributed by atoms with E-state index in [1.807, 2.05) is 12.1 Å². The van der Waals surface area contributed by atoms with Gasteiger partial charge >= 0.3 is 0 Å². The van der Waals surface area contributed by atoms with Crippen LogP contribution in [0.25, 0.3) is 6.08 Å². The number of imide groups is 1. The monoisotopic (exact) mass is 586 g/mol. The fourth-order valence-electron chi connectivity index (χ4n) is 3.33. The lowest BCUT2D eigenvalue weighted by Gasteiger charge is -2.14. The van der Waals surface area contributed by atoms with Crippen LogP contribution in [0.4, 0.5) is 10.5 Å². The Morgan fingerprint density at radius 3 is 2.56 bits per heavy atom. The summed E-state index contributed by atoms with van der Waals surface area (Å²) in [6.07, 6.45) is 1.61. The molecule has 1 aliphatic heterocycles. The molecule has 1 saturated heterocycles. The third kappa shape index (κ3) is 6.29. The molecule has 0 aromatic heterocycles. The summed E-state index contributed by atoms with van der Waals surface area (Å²) in [6, 6.07) is 19.6. The second-order valence-corrected chi connectivity index (χ2v) is 9.91. The fraction of sp³-hybridized carbons (Fsp3) is 0.115. The van der Waals surface area contributed by atoms with Crippen LogP contribution in [0.15, 0.2) is 76.1 Å². The Balaban J connectivity index is 1.40. The first-order valence-corrected chi connectivity index (χ1v) is 12.7. The topological polar surface area (TPSA) is 84.9 Å². The normalized spacial score (nSPS) is 14.3. The summed E-state index contributed by atoms with van der Waals surface area (Å²) in [5, 5.41) is 2.82. The highest BCUT2D eigenvalue weighted by molar-refractivity contribution is 9.10. The number of carbonyl (C=O) groups is 3. The Kier molecular flexibility index (Phi) is 8.35. The van der Waals surface area contributed by atoms with Crippen molar-refractivity contribution < 1.29 is 23.9 Å². The summed E-state index contributed by atoms with van der Waals surface area (Å²) >= 11 is 10.2. The Morgan fingerprint density at radius 1 is 1.08 bits per heavy atom. The first-order valence-electron chi connectivity index (χ1n) is 10.7. The van der Waals surface area contributed by atoms with Crippen molar-refractivity contribution in [3.8, 4) is 11.5 Å². The Hall–Kier alpha value is -3.27. The molecule has 1 N–H and O–H groups in total. The molecule has 0 saturated carbocycles. The quantitative estimate of drug-likeness (QED) is 0.309. The van der Waals surface area contributed by atoms with Gasteiger partial charge in [0.25, 0.3) is 11.1 Å². The van der Waals surface area contributed by atoms with Gasteiger partial charge in [-0.25, -0.2) is 0 Å². The standard InChI is InChI=1S/C26H20BrClN2O5S/c1-34-22-5-3-2-4-20(22)29-24(31)14-30-25(32)23(36-26(30)33)13-17-8-11-21(19(27)12-17)35-15-16-6-9-18(28)10-7-16/h2-13H,14-15H2,1H3,(H,29,31)/b23-13+. The summed E-state index contributed by atoms with van der Waals surface area (Å²) in [5.74, 6) is 0.0709. The van der Waals surface area contributed by atoms with Gasteiger partial charge < -0.3 is 14.8 Å². The maximum Gasteiger partial charge on any atom is 0.294 e. The van der Waals surface area contributed by atoms with E-state index >= 15 is 0 Å². The van der Waals surface area contributed by atoms with Crippen molar-refractivity contribution in [2.45, 2.75) is 6.61 Å². The van der Waals surface area contributed by atoms with Crippen LogP contribution in [-0.4, -0.2) is 35.6 Å². The highest BCUT2D eigenvalue weighted by Crippen LogP contribution is 2.34. The van der Waals surface area contributed by atoms with Crippen molar-refractivity contribution in [1.82, 2.24) is 4.90 Å². The number of hydrogen-bond donors (Lipinski definition) is 1. The molecule has 0 unspecified atom stereocenters. The zero-order valence-corrected chi connectivity index (χ0v) is 22.2. The summed E-state index contributed by atoms with van der Waals surface area (Å²) < 4.78 is 11.8. The fourth-order valence-corrected chi connectivity index (χ4v) is 4.81. The Morgan fingerprint density at radius 2 is 1.83 bits per heavy atom. The van der Waals surface area contributed by atoms with Gasteiger partial charge in [0.1, 0.15) is 24.7 Å². The highest BCUT2D eigenvalue weighted by Gasteiger charge is 2.36. The maximum atomic E-state index is 12.8. The number of rotatable bonds is 8. The first kappa shape index (κ1) is 25.8. The minimum Gasteiger partial charge on any atom is -0.495 e. The number of nitrogens with one attached hydrogen (secondary N) is 1. The zero-order valence-electron chi connectivity index (χ0n) is 19.0. The Labute approximate surface area is 225 Å². The van der Waals surface area contributed by atoms with E-state index in [1.165, 1.54) is 7.11 Å². The predicted octanol–water partition coefficient (Wildman–Crippen LogP) is 6.37. The second-order valence-electron chi connectivity index (χ2n) is 7.62. The molecule has 3 aromatic carbocycles. The van der Waals surface area contributed by atoms with E-state index in [1.54, 1.807) is 60.7 Å². The molecule has 0 radical (unpaired) electrons. The molecular weight excluding hydrogens is 568 g/mol. The molecule has 184 valence electrons. The van der Waals surface area contributed by atoms with E-state index in [0.29, 0.717) is 38.9 Å². The number of hydrogen-bond acceptors (Lipinski definition) is 6. The average Bonchev–Trinajstić information content (AvgIpc) is 3.12. The minimum atomic E-state index is -0.528. The number of amides is 3. The molecule has 0 atom stereocenters. The number of methoxy groups -OCH3 is 1. The number of anilines is 1. The predicted molar refractivity (Wildman–Crippen MR) is 144 cm³/mol. The summed E-state index contributed by atoms with van der Waals surface area (Å²) in [7, 11) is 1.49. The van der Waals surface area contributed by atoms with Gasteiger partial charge in [-0.15, -0.1) is 0 Å². The number of benzene rings is 3. The van der Waals surface area contributed by atoms with Gasteiger partial charge in [0, 0.05) is 5.02 Å². The van der Waals surface area contributed by atoms with E-state index in [9.17, 15) is 14.4 Å². The van der Waals surface area contributed by atoms with Crippen LogP contribution in [0, 0.1) is 0 Å². The molecule has 10 heteroatoms. The van der Waals surface area contributed by atoms with Crippen LogP contribution in [0.5, 0.6) is 11.5 Å². The van der Waals surface area contributed by atoms with Crippen molar-refractivity contribution in [1.29, 1.82) is 0 Å². The largest absolute Gasteiger partial charge is 0.495 e. The number of ether oxygens (including phenoxy) is 2. The molecule has 4 rings (SSSR count). The van der Waals surface area contributed by atoms with Gasteiger partial charge in [0.2, 0.25) is 5.91 Å². The lowest BCUT2D eigenvalue weighted by Crippen LogP contribution is -2.36. The smallest absolute Gasteiger partial charge is 0.294 e. The third-order valence-corrected chi connectivity index (χ3v) is 6.90. The molecule has 1 heterocycles. The van der Waals surface area contributed by atoms with Crippen LogP contribution >= 0.6 is 39.3 Å². The van der Waals surface area contributed by atoms with Crippen molar-refractivity contribution >= 4 is 68.1 Å².